The van der Waals surface area contributed by atoms with Gasteiger partial charge in [-0.15, -0.1) is 9.24 Å². The van der Waals surface area contributed by atoms with Crippen LogP contribution in [-0.4, -0.2) is 11.1 Å². The Bertz CT molecular complexity index is 469. The number of carboxylic acids is 1. The molecular formula is C14H13O2P. The van der Waals surface area contributed by atoms with Crippen LogP contribution in [0.5, 0.6) is 0 Å². The Morgan fingerprint density at radius 3 is 1.53 bits per heavy atom. The Morgan fingerprint density at radius 1 is 0.882 bits per heavy atom. The first kappa shape index (κ1) is 11.8. The molecule has 17 heavy (non-hydrogen) atoms. The van der Waals surface area contributed by atoms with Crippen LogP contribution < -0.4 is 0 Å². The largest absolute Gasteiger partial charge is 0.480 e. The van der Waals surface area contributed by atoms with Crippen LogP contribution in [0.1, 0.15) is 11.1 Å². The molecule has 1 unspecified atom stereocenters. The molecule has 0 saturated carbocycles. The monoisotopic (exact) mass is 244 g/mol. The second kappa shape index (κ2) is 4.68. The lowest BCUT2D eigenvalue weighted by Crippen LogP contribution is -2.30. The van der Waals surface area contributed by atoms with Gasteiger partial charge in [0.05, 0.1) is 0 Å². The third-order valence-corrected chi connectivity index (χ3v) is 3.71. The van der Waals surface area contributed by atoms with Crippen molar-refractivity contribution >= 4 is 15.2 Å². The average Bonchev–Trinajstić information content (AvgIpc) is 2.39. The second-order valence-corrected chi connectivity index (χ2v) is 4.71. The molecule has 0 heterocycles. The Morgan fingerprint density at radius 2 is 1.24 bits per heavy atom. The SMILES string of the molecule is O=C(O)C(P)(c1ccccc1)c1ccccc1. The molecule has 0 aliphatic carbocycles. The zero-order valence-electron chi connectivity index (χ0n) is 9.21. The van der Waals surface area contributed by atoms with Crippen LogP contribution in [0.2, 0.25) is 0 Å². The van der Waals surface area contributed by atoms with Crippen molar-refractivity contribution in [1.29, 1.82) is 0 Å². The molecule has 0 spiro atoms. The normalized spacial score (nSPS) is 11.1. The van der Waals surface area contributed by atoms with Crippen molar-refractivity contribution in [3.8, 4) is 0 Å². The van der Waals surface area contributed by atoms with E-state index in [0.29, 0.717) is 0 Å². The topological polar surface area (TPSA) is 37.3 Å². The Kier molecular flexibility index (Phi) is 3.26. The highest BCUT2D eigenvalue weighted by atomic mass is 31.0. The van der Waals surface area contributed by atoms with E-state index in [4.69, 9.17) is 0 Å². The van der Waals surface area contributed by atoms with Crippen LogP contribution in [0.15, 0.2) is 60.7 Å². The van der Waals surface area contributed by atoms with Crippen molar-refractivity contribution in [3.05, 3.63) is 71.8 Å². The average molecular weight is 244 g/mol. The van der Waals surface area contributed by atoms with E-state index in [0.717, 1.165) is 11.1 Å². The summed E-state index contributed by atoms with van der Waals surface area (Å²) >= 11 is 0. The van der Waals surface area contributed by atoms with E-state index in [9.17, 15) is 9.90 Å². The molecule has 0 amide bonds. The van der Waals surface area contributed by atoms with E-state index in [2.05, 4.69) is 9.24 Å². The van der Waals surface area contributed by atoms with E-state index >= 15 is 0 Å². The molecule has 3 heteroatoms. The van der Waals surface area contributed by atoms with Crippen LogP contribution in [0.25, 0.3) is 0 Å². The molecule has 2 aromatic rings. The van der Waals surface area contributed by atoms with Gasteiger partial charge in [-0.3, -0.25) is 4.79 Å². The molecule has 0 aliphatic rings. The highest BCUT2D eigenvalue weighted by molar-refractivity contribution is 7.21. The minimum Gasteiger partial charge on any atom is -0.480 e. The Hall–Kier alpha value is -1.66. The van der Waals surface area contributed by atoms with Crippen LogP contribution in [0, 0.1) is 0 Å². The molecule has 1 atom stereocenters. The van der Waals surface area contributed by atoms with Gasteiger partial charge >= 0.3 is 5.97 Å². The maximum absolute atomic E-state index is 11.6. The molecule has 0 saturated heterocycles. The van der Waals surface area contributed by atoms with Gasteiger partial charge in [0.2, 0.25) is 0 Å². The molecule has 2 nitrogen and oxygen atoms in total. The van der Waals surface area contributed by atoms with Gasteiger partial charge in [-0.1, -0.05) is 60.7 Å². The summed E-state index contributed by atoms with van der Waals surface area (Å²) in [6.07, 6.45) is 0. The van der Waals surface area contributed by atoms with E-state index in [-0.39, 0.29) is 0 Å². The van der Waals surface area contributed by atoms with E-state index in [1.54, 1.807) is 0 Å². The summed E-state index contributed by atoms with van der Waals surface area (Å²) in [5.41, 5.74) is 1.51. The first-order valence-electron chi connectivity index (χ1n) is 5.29. The van der Waals surface area contributed by atoms with Gasteiger partial charge in [-0.25, -0.2) is 0 Å². The van der Waals surface area contributed by atoms with Crippen molar-refractivity contribution in [3.63, 3.8) is 0 Å². The van der Waals surface area contributed by atoms with Crippen LogP contribution in [-0.2, 0) is 9.95 Å². The first-order valence-corrected chi connectivity index (χ1v) is 5.87. The van der Waals surface area contributed by atoms with Gasteiger partial charge < -0.3 is 5.11 Å². The van der Waals surface area contributed by atoms with Gasteiger partial charge in [-0.05, 0) is 11.1 Å². The summed E-state index contributed by atoms with van der Waals surface area (Å²) < 4.78 is 0. The fourth-order valence-corrected chi connectivity index (χ4v) is 2.20. The number of carboxylic acid groups (broad SMARTS) is 1. The number of benzene rings is 2. The van der Waals surface area contributed by atoms with Crippen LogP contribution in [0.3, 0.4) is 0 Å². The molecule has 0 radical (unpaired) electrons. The minimum atomic E-state index is -1.08. The highest BCUT2D eigenvalue weighted by Crippen LogP contribution is 2.38. The minimum absolute atomic E-state index is 0.753. The lowest BCUT2D eigenvalue weighted by Gasteiger charge is -2.25. The van der Waals surface area contributed by atoms with Gasteiger partial charge in [-0.2, -0.15) is 0 Å². The van der Waals surface area contributed by atoms with E-state index in [1.807, 2.05) is 60.7 Å². The quantitative estimate of drug-likeness (QED) is 0.843. The Labute approximate surface area is 103 Å². The van der Waals surface area contributed by atoms with Gasteiger partial charge in [0.1, 0.15) is 5.16 Å². The fourth-order valence-electron chi connectivity index (χ4n) is 1.82. The molecule has 0 aliphatic heterocycles. The summed E-state index contributed by atoms with van der Waals surface area (Å²) in [6.45, 7) is 0. The smallest absolute Gasteiger partial charge is 0.322 e. The summed E-state index contributed by atoms with van der Waals surface area (Å²) in [7, 11) is 2.46. The number of hydrogen-bond donors (Lipinski definition) is 1. The predicted molar refractivity (Wildman–Crippen MR) is 71.0 cm³/mol. The molecule has 0 fully saturated rings. The molecule has 0 bridgehead atoms. The number of carbonyl (C=O) groups is 1. The summed E-state index contributed by atoms with van der Waals surface area (Å²) in [6, 6.07) is 18.5. The van der Waals surface area contributed by atoms with Crippen molar-refractivity contribution in [2.24, 2.45) is 0 Å². The standard InChI is InChI=1S/C14H13O2P/c15-13(16)14(17,11-7-3-1-4-8-11)12-9-5-2-6-10-12/h1-10H,17H2,(H,15,16). The predicted octanol–water partition coefficient (Wildman–Crippen LogP) is 2.89. The third kappa shape index (κ3) is 2.09. The fraction of sp³-hybridized carbons (Fsp3) is 0.0714. The number of rotatable bonds is 3. The number of aliphatic carboxylic acids is 1. The van der Waals surface area contributed by atoms with E-state index in [1.165, 1.54) is 0 Å². The van der Waals surface area contributed by atoms with Crippen molar-refractivity contribution in [2.45, 2.75) is 5.16 Å². The maximum Gasteiger partial charge on any atom is 0.322 e. The molecule has 86 valence electrons. The van der Waals surface area contributed by atoms with Crippen LogP contribution >= 0.6 is 9.24 Å². The molecule has 0 aromatic heterocycles. The molecule has 2 aromatic carbocycles. The zero-order chi connectivity index (χ0) is 12.3. The lowest BCUT2D eigenvalue weighted by atomic mass is 9.90. The van der Waals surface area contributed by atoms with Gasteiger partial charge in [0.15, 0.2) is 0 Å². The number of hydrogen-bond acceptors (Lipinski definition) is 1. The van der Waals surface area contributed by atoms with Crippen molar-refractivity contribution in [2.75, 3.05) is 0 Å². The molecular weight excluding hydrogens is 231 g/mol. The first-order chi connectivity index (χ1) is 8.15. The summed E-state index contributed by atoms with van der Waals surface area (Å²) in [5.74, 6) is -0.875. The van der Waals surface area contributed by atoms with Crippen molar-refractivity contribution in [1.82, 2.24) is 0 Å². The highest BCUT2D eigenvalue weighted by Gasteiger charge is 2.37. The molecule has 1 N–H and O–H groups in total. The second-order valence-electron chi connectivity index (χ2n) is 3.85. The van der Waals surface area contributed by atoms with Gasteiger partial charge in [0, 0.05) is 0 Å². The summed E-state index contributed by atoms with van der Waals surface area (Å²) in [5, 5.41) is 8.44. The van der Waals surface area contributed by atoms with Crippen LogP contribution in [0.4, 0.5) is 0 Å². The van der Waals surface area contributed by atoms with E-state index < -0.39 is 11.1 Å². The summed E-state index contributed by atoms with van der Waals surface area (Å²) in [4.78, 5) is 11.6. The molecule has 2 rings (SSSR count). The third-order valence-electron chi connectivity index (χ3n) is 2.80. The maximum atomic E-state index is 11.6. The lowest BCUT2D eigenvalue weighted by molar-refractivity contribution is -0.139. The van der Waals surface area contributed by atoms with Crippen molar-refractivity contribution < 1.29 is 9.90 Å². The van der Waals surface area contributed by atoms with Gasteiger partial charge in [0.25, 0.3) is 0 Å². The zero-order valence-corrected chi connectivity index (χ0v) is 10.4. The Balaban J connectivity index is 2.59.